The average molecular weight is 204 g/mol. The lowest BCUT2D eigenvalue weighted by molar-refractivity contribution is 0.518. The zero-order chi connectivity index (χ0) is 10.3. The standard InChI is InChI=1S/C8H16N2O2S/c1-3-8(4-5-9)10-6-7-13(2,11)12/h8,10H,3-4,6-7H2,1-2H3. The van der Waals surface area contributed by atoms with Crippen LogP contribution in [0, 0.1) is 11.3 Å². The molecule has 0 aromatic carbocycles. The van der Waals surface area contributed by atoms with E-state index in [4.69, 9.17) is 5.26 Å². The van der Waals surface area contributed by atoms with Crippen molar-refractivity contribution >= 4 is 9.84 Å². The Morgan fingerprint density at radius 3 is 2.54 bits per heavy atom. The minimum absolute atomic E-state index is 0.117. The summed E-state index contributed by atoms with van der Waals surface area (Å²) in [4.78, 5) is 0. The zero-order valence-corrected chi connectivity index (χ0v) is 8.89. The molecule has 4 nitrogen and oxygen atoms in total. The second-order valence-electron chi connectivity index (χ2n) is 3.05. The van der Waals surface area contributed by atoms with Crippen molar-refractivity contribution in [2.45, 2.75) is 25.8 Å². The molecule has 0 spiro atoms. The summed E-state index contributed by atoms with van der Waals surface area (Å²) < 4.78 is 21.5. The Hall–Kier alpha value is -0.600. The summed E-state index contributed by atoms with van der Waals surface area (Å²) in [5.74, 6) is 0.134. The van der Waals surface area contributed by atoms with Crippen LogP contribution in [0.5, 0.6) is 0 Å². The first kappa shape index (κ1) is 12.4. The Morgan fingerprint density at radius 2 is 2.15 bits per heavy atom. The van der Waals surface area contributed by atoms with Gasteiger partial charge < -0.3 is 5.32 Å². The highest BCUT2D eigenvalue weighted by atomic mass is 32.2. The summed E-state index contributed by atoms with van der Waals surface area (Å²) in [7, 11) is -2.89. The third-order valence-corrected chi connectivity index (χ3v) is 2.68. The van der Waals surface area contributed by atoms with Crippen LogP contribution >= 0.6 is 0 Å². The summed E-state index contributed by atoms with van der Waals surface area (Å²) in [6.07, 6.45) is 2.48. The summed E-state index contributed by atoms with van der Waals surface area (Å²) in [6, 6.07) is 2.17. The maximum Gasteiger partial charge on any atom is 0.148 e. The van der Waals surface area contributed by atoms with Crippen molar-refractivity contribution in [1.82, 2.24) is 5.32 Å². The van der Waals surface area contributed by atoms with E-state index in [0.29, 0.717) is 13.0 Å². The predicted molar refractivity (Wildman–Crippen MR) is 52.0 cm³/mol. The van der Waals surface area contributed by atoms with Crippen LogP contribution in [0.25, 0.3) is 0 Å². The average Bonchev–Trinajstić information content (AvgIpc) is 2.01. The molecule has 0 aliphatic carbocycles. The van der Waals surface area contributed by atoms with Gasteiger partial charge in [0.15, 0.2) is 0 Å². The van der Waals surface area contributed by atoms with E-state index in [2.05, 4.69) is 11.4 Å². The highest BCUT2D eigenvalue weighted by Crippen LogP contribution is 1.95. The first-order valence-electron chi connectivity index (χ1n) is 4.27. The van der Waals surface area contributed by atoms with Gasteiger partial charge in [0.25, 0.3) is 0 Å². The summed E-state index contributed by atoms with van der Waals surface area (Å²) in [6.45, 7) is 2.40. The van der Waals surface area contributed by atoms with E-state index in [0.717, 1.165) is 6.42 Å². The smallest absolute Gasteiger partial charge is 0.148 e. The van der Waals surface area contributed by atoms with Crippen molar-refractivity contribution in [3.8, 4) is 6.07 Å². The van der Waals surface area contributed by atoms with Gasteiger partial charge in [-0.3, -0.25) is 0 Å². The van der Waals surface area contributed by atoms with E-state index in [-0.39, 0.29) is 11.8 Å². The van der Waals surface area contributed by atoms with E-state index in [1.165, 1.54) is 6.26 Å². The molecule has 0 rings (SSSR count). The Bertz CT molecular complexity index is 266. The highest BCUT2D eigenvalue weighted by Gasteiger charge is 2.06. The van der Waals surface area contributed by atoms with Crippen LogP contribution in [-0.4, -0.2) is 33.0 Å². The molecule has 0 aromatic heterocycles. The third-order valence-electron chi connectivity index (χ3n) is 1.74. The monoisotopic (exact) mass is 204 g/mol. The van der Waals surface area contributed by atoms with Crippen molar-refractivity contribution in [3.63, 3.8) is 0 Å². The van der Waals surface area contributed by atoms with Crippen molar-refractivity contribution in [3.05, 3.63) is 0 Å². The molecule has 1 N–H and O–H groups in total. The number of nitrogens with zero attached hydrogens (tertiary/aromatic N) is 1. The SMILES string of the molecule is CCC(CC#N)NCCS(C)(=O)=O. The molecule has 13 heavy (non-hydrogen) atoms. The van der Waals surface area contributed by atoms with Gasteiger partial charge in [0.05, 0.1) is 18.2 Å². The van der Waals surface area contributed by atoms with Crippen LogP contribution in [-0.2, 0) is 9.84 Å². The lowest BCUT2D eigenvalue weighted by atomic mass is 10.2. The molecule has 0 aliphatic rings. The van der Waals surface area contributed by atoms with Gasteiger partial charge in [-0.2, -0.15) is 5.26 Å². The summed E-state index contributed by atoms with van der Waals surface area (Å²) in [5.41, 5.74) is 0. The number of hydrogen-bond donors (Lipinski definition) is 1. The zero-order valence-electron chi connectivity index (χ0n) is 8.08. The molecule has 0 bridgehead atoms. The Morgan fingerprint density at radius 1 is 1.54 bits per heavy atom. The number of hydrogen-bond acceptors (Lipinski definition) is 4. The Balaban J connectivity index is 3.69. The van der Waals surface area contributed by atoms with E-state index >= 15 is 0 Å². The van der Waals surface area contributed by atoms with Crippen molar-refractivity contribution < 1.29 is 8.42 Å². The van der Waals surface area contributed by atoms with Crippen LogP contribution in [0.15, 0.2) is 0 Å². The number of rotatable bonds is 6. The van der Waals surface area contributed by atoms with Gasteiger partial charge in [0.1, 0.15) is 9.84 Å². The number of nitrogens with one attached hydrogen (secondary N) is 1. The normalized spacial score (nSPS) is 13.6. The van der Waals surface area contributed by atoms with Crippen molar-refractivity contribution in [2.75, 3.05) is 18.6 Å². The minimum Gasteiger partial charge on any atom is -0.312 e. The van der Waals surface area contributed by atoms with Crippen LogP contribution in [0.4, 0.5) is 0 Å². The molecule has 0 amide bonds. The molecule has 1 unspecified atom stereocenters. The second kappa shape index (κ2) is 5.95. The summed E-state index contributed by atoms with van der Waals surface area (Å²) >= 11 is 0. The topological polar surface area (TPSA) is 70.0 Å². The van der Waals surface area contributed by atoms with Crippen LogP contribution < -0.4 is 5.32 Å². The van der Waals surface area contributed by atoms with Gasteiger partial charge in [-0.15, -0.1) is 0 Å². The molecule has 1 atom stereocenters. The second-order valence-corrected chi connectivity index (χ2v) is 5.31. The minimum atomic E-state index is -2.89. The van der Waals surface area contributed by atoms with Gasteiger partial charge in [0, 0.05) is 18.8 Å². The van der Waals surface area contributed by atoms with Gasteiger partial charge in [-0.1, -0.05) is 6.92 Å². The molecular weight excluding hydrogens is 188 g/mol. The van der Waals surface area contributed by atoms with E-state index < -0.39 is 9.84 Å². The molecule has 5 heteroatoms. The number of nitriles is 1. The van der Waals surface area contributed by atoms with Crippen LogP contribution in [0.3, 0.4) is 0 Å². The quantitative estimate of drug-likeness (QED) is 0.676. The largest absolute Gasteiger partial charge is 0.312 e. The first-order valence-corrected chi connectivity index (χ1v) is 6.33. The maximum atomic E-state index is 10.8. The molecular formula is C8H16N2O2S. The maximum absolute atomic E-state index is 10.8. The Kier molecular flexibility index (Phi) is 5.67. The van der Waals surface area contributed by atoms with E-state index in [9.17, 15) is 8.42 Å². The lowest BCUT2D eigenvalue weighted by Crippen LogP contribution is -2.32. The first-order chi connectivity index (χ1) is 5.99. The van der Waals surface area contributed by atoms with Gasteiger partial charge in [-0.05, 0) is 6.42 Å². The van der Waals surface area contributed by atoms with Crippen molar-refractivity contribution in [1.29, 1.82) is 5.26 Å². The molecule has 0 fully saturated rings. The molecule has 0 saturated heterocycles. The van der Waals surface area contributed by atoms with Crippen LogP contribution in [0.1, 0.15) is 19.8 Å². The fourth-order valence-corrected chi connectivity index (χ4v) is 1.41. The Labute approximate surface area is 79.9 Å². The fraction of sp³-hybridized carbons (Fsp3) is 0.875. The van der Waals surface area contributed by atoms with Gasteiger partial charge >= 0.3 is 0 Å². The molecule has 0 aromatic rings. The molecule has 0 radical (unpaired) electrons. The highest BCUT2D eigenvalue weighted by molar-refractivity contribution is 7.90. The molecule has 0 heterocycles. The van der Waals surface area contributed by atoms with E-state index in [1.54, 1.807) is 0 Å². The molecule has 0 saturated carbocycles. The fourth-order valence-electron chi connectivity index (χ4n) is 0.919. The van der Waals surface area contributed by atoms with Crippen LogP contribution in [0.2, 0.25) is 0 Å². The summed E-state index contributed by atoms with van der Waals surface area (Å²) in [5, 5.41) is 11.4. The van der Waals surface area contributed by atoms with Gasteiger partial charge in [-0.25, -0.2) is 8.42 Å². The number of sulfone groups is 1. The molecule has 76 valence electrons. The van der Waals surface area contributed by atoms with Crippen molar-refractivity contribution in [2.24, 2.45) is 0 Å². The third kappa shape index (κ3) is 7.75. The molecule has 0 aliphatic heterocycles. The van der Waals surface area contributed by atoms with E-state index in [1.807, 2.05) is 6.92 Å². The van der Waals surface area contributed by atoms with Gasteiger partial charge in [0.2, 0.25) is 0 Å². The predicted octanol–water partition coefficient (Wildman–Crippen LogP) is 0.313. The lowest BCUT2D eigenvalue weighted by Gasteiger charge is -2.12.